The fourth-order valence-electron chi connectivity index (χ4n) is 1.98. The van der Waals surface area contributed by atoms with Gasteiger partial charge in [0.15, 0.2) is 0 Å². The van der Waals surface area contributed by atoms with Crippen LogP contribution < -0.4 is 4.72 Å². The van der Waals surface area contributed by atoms with E-state index < -0.39 is 10.0 Å². The lowest BCUT2D eigenvalue weighted by molar-refractivity contribution is 0.0786. The van der Waals surface area contributed by atoms with Gasteiger partial charge in [0.25, 0.3) is 5.91 Å². The first-order valence-electron chi connectivity index (χ1n) is 6.92. The number of hydrogen-bond acceptors (Lipinski definition) is 4. The SMILES string of the molecule is C=CCNS(=O)(=O)c1cccc(C(=O)N(C)Cc2cccs2)c1. The van der Waals surface area contributed by atoms with Crippen LogP contribution in [0.1, 0.15) is 15.2 Å². The molecule has 1 aromatic heterocycles. The third-order valence-electron chi connectivity index (χ3n) is 3.13. The highest BCUT2D eigenvalue weighted by Crippen LogP contribution is 2.16. The second-order valence-electron chi connectivity index (χ2n) is 4.91. The van der Waals surface area contributed by atoms with Gasteiger partial charge in [-0.15, -0.1) is 17.9 Å². The van der Waals surface area contributed by atoms with Gasteiger partial charge in [0.05, 0.1) is 11.4 Å². The molecule has 0 fully saturated rings. The number of hydrogen-bond donors (Lipinski definition) is 1. The zero-order valence-corrected chi connectivity index (χ0v) is 14.4. The van der Waals surface area contributed by atoms with Crippen molar-refractivity contribution in [3.8, 4) is 0 Å². The van der Waals surface area contributed by atoms with Crippen molar-refractivity contribution in [2.45, 2.75) is 11.4 Å². The summed E-state index contributed by atoms with van der Waals surface area (Å²) in [5, 5.41) is 1.95. The van der Waals surface area contributed by atoms with Crippen LogP contribution in [-0.4, -0.2) is 32.8 Å². The zero-order valence-electron chi connectivity index (χ0n) is 12.7. The molecule has 0 saturated carbocycles. The minimum atomic E-state index is -3.64. The Labute approximate surface area is 140 Å². The van der Waals surface area contributed by atoms with E-state index in [2.05, 4.69) is 11.3 Å². The first kappa shape index (κ1) is 17.4. The summed E-state index contributed by atoms with van der Waals surface area (Å²) in [5.41, 5.74) is 0.338. The van der Waals surface area contributed by atoms with Crippen LogP contribution in [0.4, 0.5) is 0 Å². The molecule has 7 heteroatoms. The quantitative estimate of drug-likeness (QED) is 0.780. The van der Waals surface area contributed by atoms with Crippen LogP contribution in [0.5, 0.6) is 0 Å². The largest absolute Gasteiger partial charge is 0.337 e. The molecule has 0 bridgehead atoms. The third-order valence-corrected chi connectivity index (χ3v) is 5.41. The Balaban J connectivity index is 2.18. The van der Waals surface area contributed by atoms with Gasteiger partial charge in [-0.2, -0.15) is 0 Å². The van der Waals surface area contributed by atoms with Gasteiger partial charge in [-0.3, -0.25) is 4.79 Å². The molecular weight excluding hydrogens is 332 g/mol. The Bertz CT molecular complexity index is 783. The molecular formula is C16H18N2O3S2. The molecule has 0 atom stereocenters. The molecule has 0 aliphatic rings. The minimum Gasteiger partial charge on any atom is -0.337 e. The summed E-state index contributed by atoms with van der Waals surface area (Å²) in [5.74, 6) is -0.223. The van der Waals surface area contributed by atoms with Gasteiger partial charge in [0.2, 0.25) is 10.0 Å². The van der Waals surface area contributed by atoms with Crippen LogP contribution in [0.15, 0.2) is 59.3 Å². The lowest BCUT2D eigenvalue weighted by Gasteiger charge is -2.16. The van der Waals surface area contributed by atoms with Gasteiger partial charge in [-0.1, -0.05) is 18.2 Å². The average molecular weight is 350 g/mol. The molecule has 1 aromatic carbocycles. The second kappa shape index (κ2) is 7.54. The summed E-state index contributed by atoms with van der Waals surface area (Å²) in [7, 11) is -1.95. The van der Waals surface area contributed by atoms with Gasteiger partial charge >= 0.3 is 0 Å². The molecule has 1 amide bonds. The van der Waals surface area contributed by atoms with E-state index in [4.69, 9.17) is 0 Å². The molecule has 0 spiro atoms. The van der Waals surface area contributed by atoms with Crippen molar-refractivity contribution in [1.29, 1.82) is 0 Å². The maximum absolute atomic E-state index is 12.5. The third kappa shape index (κ3) is 4.51. The Hall–Kier alpha value is -1.96. The molecule has 0 unspecified atom stereocenters. The molecule has 2 aromatic rings. The monoisotopic (exact) mass is 350 g/mol. The first-order valence-corrected chi connectivity index (χ1v) is 9.29. The van der Waals surface area contributed by atoms with Crippen LogP contribution in [0.2, 0.25) is 0 Å². The zero-order chi connectivity index (χ0) is 16.9. The van der Waals surface area contributed by atoms with E-state index in [1.54, 1.807) is 35.4 Å². The minimum absolute atomic E-state index is 0.0646. The van der Waals surface area contributed by atoms with Crippen LogP contribution in [0.3, 0.4) is 0 Å². The van der Waals surface area contributed by atoms with Gasteiger partial charge in [-0.05, 0) is 29.6 Å². The Morgan fingerprint density at radius 3 is 2.78 bits per heavy atom. The number of amides is 1. The van der Waals surface area contributed by atoms with Crippen molar-refractivity contribution in [3.63, 3.8) is 0 Å². The molecule has 2 rings (SSSR count). The number of nitrogens with one attached hydrogen (secondary N) is 1. The molecule has 1 N–H and O–H groups in total. The fraction of sp³-hybridized carbons (Fsp3) is 0.188. The molecule has 0 saturated heterocycles. The second-order valence-corrected chi connectivity index (χ2v) is 7.71. The highest BCUT2D eigenvalue weighted by Gasteiger charge is 2.17. The number of nitrogens with zero attached hydrogens (tertiary/aromatic N) is 1. The summed E-state index contributed by atoms with van der Waals surface area (Å²) in [4.78, 5) is 15.2. The summed E-state index contributed by atoms with van der Waals surface area (Å²) in [6.45, 7) is 4.10. The number of benzene rings is 1. The molecule has 122 valence electrons. The Kier molecular flexibility index (Phi) is 5.70. The van der Waals surface area contributed by atoms with Crippen molar-refractivity contribution in [2.24, 2.45) is 0 Å². The van der Waals surface area contributed by atoms with E-state index in [0.29, 0.717) is 12.1 Å². The van der Waals surface area contributed by atoms with Crippen LogP contribution in [-0.2, 0) is 16.6 Å². The van der Waals surface area contributed by atoms with E-state index in [0.717, 1.165) is 4.88 Å². The number of sulfonamides is 1. The lowest BCUT2D eigenvalue weighted by Crippen LogP contribution is -2.27. The normalized spacial score (nSPS) is 11.2. The standard InChI is InChI=1S/C16H18N2O3S2/c1-3-9-17-23(20,21)15-8-4-6-13(11-15)16(19)18(2)12-14-7-5-10-22-14/h3-8,10-11,17H,1,9,12H2,2H3. The molecule has 23 heavy (non-hydrogen) atoms. The number of carbonyl (C=O) groups is 1. The van der Waals surface area contributed by atoms with Gasteiger partial charge in [-0.25, -0.2) is 13.1 Å². The molecule has 0 aliphatic carbocycles. The van der Waals surface area contributed by atoms with Crippen LogP contribution in [0, 0.1) is 0 Å². The van der Waals surface area contributed by atoms with Crippen LogP contribution >= 0.6 is 11.3 Å². The van der Waals surface area contributed by atoms with Gasteiger partial charge in [0, 0.05) is 24.0 Å². The van der Waals surface area contributed by atoms with Crippen molar-refractivity contribution >= 4 is 27.3 Å². The van der Waals surface area contributed by atoms with E-state index in [1.807, 2.05) is 17.5 Å². The predicted molar refractivity (Wildman–Crippen MR) is 91.9 cm³/mol. The number of carbonyl (C=O) groups excluding carboxylic acids is 1. The molecule has 5 nitrogen and oxygen atoms in total. The highest BCUT2D eigenvalue weighted by atomic mass is 32.2. The number of rotatable bonds is 7. The van der Waals surface area contributed by atoms with Gasteiger partial charge in [0.1, 0.15) is 0 Å². The predicted octanol–water partition coefficient (Wildman–Crippen LogP) is 2.48. The maximum atomic E-state index is 12.5. The van der Waals surface area contributed by atoms with E-state index in [-0.39, 0.29) is 17.3 Å². The van der Waals surface area contributed by atoms with E-state index in [1.165, 1.54) is 18.2 Å². The van der Waals surface area contributed by atoms with Crippen LogP contribution in [0.25, 0.3) is 0 Å². The van der Waals surface area contributed by atoms with Crippen molar-refractivity contribution in [3.05, 3.63) is 64.9 Å². The summed E-state index contributed by atoms with van der Waals surface area (Å²) < 4.78 is 26.6. The molecule has 0 radical (unpaired) electrons. The first-order chi connectivity index (χ1) is 10.9. The van der Waals surface area contributed by atoms with E-state index >= 15 is 0 Å². The summed E-state index contributed by atoms with van der Waals surface area (Å²) in [6, 6.07) is 9.90. The number of thiophene rings is 1. The Morgan fingerprint density at radius 1 is 1.35 bits per heavy atom. The Morgan fingerprint density at radius 2 is 2.13 bits per heavy atom. The lowest BCUT2D eigenvalue weighted by atomic mass is 10.2. The van der Waals surface area contributed by atoms with Crippen molar-refractivity contribution in [1.82, 2.24) is 9.62 Å². The highest BCUT2D eigenvalue weighted by molar-refractivity contribution is 7.89. The summed E-state index contributed by atoms with van der Waals surface area (Å²) in [6.07, 6.45) is 1.46. The summed E-state index contributed by atoms with van der Waals surface area (Å²) >= 11 is 1.57. The fourth-order valence-corrected chi connectivity index (χ4v) is 3.78. The van der Waals surface area contributed by atoms with E-state index in [9.17, 15) is 13.2 Å². The molecule has 0 aliphatic heterocycles. The average Bonchev–Trinajstić information content (AvgIpc) is 3.05. The van der Waals surface area contributed by atoms with Crippen molar-refractivity contribution < 1.29 is 13.2 Å². The van der Waals surface area contributed by atoms with Gasteiger partial charge < -0.3 is 4.90 Å². The topological polar surface area (TPSA) is 66.5 Å². The smallest absolute Gasteiger partial charge is 0.253 e. The maximum Gasteiger partial charge on any atom is 0.253 e. The molecule has 1 heterocycles. The van der Waals surface area contributed by atoms with Crippen molar-refractivity contribution in [2.75, 3.05) is 13.6 Å².